The molecule has 3 rings (SSSR count). The lowest BCUT2D eigenvalue weighted by molar-refractivity contribution is -0.142. The summed E-state index contributed by atoms with van der Waals surface area (Å²) in [6, 6.07) is 7.01. The maximum absolute atomic E-state index is 13.1. The first-order valence-corrected chi connectivity index (χ1v) is 9.12. The zero-order valence-electron chi connectivity index (χ0n) is 15.6. The molecule has 1 N–H and O–H groups in total. The summed E-state index contributed by atoms with van der Waals surface area (Å²) in [6.07, 6.45) is -1.78. The molecule has 0 atom stereocenters. The monoisotopic (exact) mass is 396 g/mol. The van der Waals surface area contributed by atoms with Crippen LogP contribution in [0, 0.1) is 0 Å². The van der Waals surface area contributed by atoms with E-state index in [1.807, 2.05) is 0 Å². The van der Waals surface area contributed by atoms with E-state index in [1.54, 1.807) is 19.2 Å². The van der Waals surface area contributed by atoms with Crippen LogP contribution in [-0.2, 0) is 10.9 Å². The van der Waals surface area contributed by atoms with Gasteiger partial charge in [-0.25, -0.2) is 4.68 Å². The lowest BCUT2D eigenvalue weighted by Gasteiger charge is -2.32. The Hall–Kier alpha value is -2.39. The molecule has 2 heterocycles. The molecule has 1 saturated heterocycles. The standard InChI is InChI=1S/C19H23F3N4O2/c1-28-12-11-25-9-6-15(7-10-25)24-18(27)14-3-2-4-16(13-14)26-17(5-8-23-26)19(20,21)22/h2-5,8,13,15H,6-7,9-12H2,1H3,(H,24,27). The van der Waals surface area contributed by atoms with E-state index in [-0.39, 0.29) is 17.6 Å². The van der Waals surface area contributed by atoms with E-state index in [1.165, 1.54) is 12.1 Å². The fourth-order valence-electron chi connectivity index (χ4n) is 3.29. The molecule has 0 aliphatic carbocycles. The van der Waals surface area contributed by atoms with Gasteiger partial charge in [-0.3, -0.25) is 4.79 Å². The fraction of sp³-hybridized carbons (Fsp3) is 0.474. The van der Waals surface area contributed by atoms with Gasteiger partial charge in [0.25, 0.3) is 5.91 Å². The van der Waals surface area contributed by atoms with Crippen molar-refractivity contribution in [2.24, 2.45) is 0 Å². The minimum absolute atomic E-state index is 0.0467. The van der Waals surface area contributed by atoms with Crippen molar-refractivity contribution < 1.29 is 22.7 Å². The predicted molar refractivity (Wildman–Crippen MR) is 97.4 cm³/mol. The van der Waals surface area contributed by atoms with Gasteiger partial charge in [-0.05, 0) is 37.1 Å². The van der Waals surface area contributed by atoms with Gasteiger partial charge in [0.2, 0.25) is 0 Å². The number of carbonyl (C=O) groups excluding carboxylic acids is 1. The third-order valence-electron chi connectivity index (χ3n) is 4.82. The molecule has 0 saturated carbocycles. The lowest BCUT2D eigenvalue weighted by atomic mass is 10.0. The van der Waals surface area contributed by atoms with Gasteiger partial charge in [0.15, 0.2) is 0 Å². The Balaban J connectivity index is 1.65. The Kier molecular flexibility index (Phi) is 6.35. The van der Waals surface area contributed by atoms with Gasteiger partial charge in [0, 0.05) is 38.3 Å². The van der Waals surface area contributed by atoms with Crippen LogP contribution in [0.3, 0.4) is 0 Å². The average molecular weight is 396 g/mol. The molecule has 1 aliphatic heterocycles. The second kappa shape index (κ2) is 8.74. The van der Waals surface area contributed by atoms with E-state index >= 15 is 0 Å². The Morgan fingerprint density at radius 2 is 2.04 bits per heavy atom. The van der Waals surface area contributed by atoms with Crippen LogP contribution in [0.2, 0.25) is 0 Å². The van der Waals surface area contributed by atoms with E-state index in [9.17, 15) is 18.0 Å². The molecule has 0 spiro atoms. The zero-order chi connectivity index (χ0) is 20.1. The summed E-state index contributed by atoms with van der Waals surface area (Å²) in [6.45, 7) is 3.29. The van der Waals surface area contributed by atoms with Crippen molar-refractivity contribution in [2.45, 2.75) is 25.1 Å². The third kappa shape index (κ3) is 4.90. The van der Waals surface area contributed by atoms with Crippen LogP contribution < -0.4 is 5.32 Å². The Bertz CT molecular complexity index is 798. The van der Waals surface area contributed by atoms with Gasteiger partial charge in [-0.2, -0.15) is 18.3 Å². The molecule has 2 aromatic rings. The number of hydrogen-bond donors (Lipinski definition) is 1. The smallest absolute Gasteiger partial charge is 0.383 e. The summed E-state index contributed by atoms with van der Waals surface area (Å²) in [5.41, 5.74) is -0.379. The van der Waals surface area contributed by atoms with Gasteiger partial charge in [0.05, 0.1) is 18.5 Å². The van der Waals surface area contributed by atoms with Crippen LogP contribution in [-0.4, -0.2) is 60.0 Å². The molecule has 0 unspecified atom stereocenters. The van der Waals surface area contributed by atoms with E-state index in [0.29, 0.717) is 12.2 Å². The number of piperidine rings is 1. The number of aromatic nitrogens is 2. The molecular weight excluding hydrogens is 373 g/mol. The largest absolute Gasteiger partial charge is 0.433 e. The molecule has 9 heteroatoms. The molecular formula is C19H23F3N4O2. The Morgan fingerprint density at radius 1 is 1.29 bits per heavy atom. The van der Waals surface area contributed by atoms with Crippen LogP contribution in [0.15, 0.2) is 36.5 Å². The molecule has 28 heavy (non-hydrogen) atoms. The second-order valence-corrected chi connectivity index (χ2v) is 6.76. The number of nitrogens with one attached hydrogen (secondary N) is 1. The van der Waals surface area contributed by atoms with Crippen molar-refractivity contribution >= 4 is 5.91 Å². The number of rotatable bonds is 6. The van der Waals surface area contributed by atoms with Gasteiger partial charge in [0.1, 0.15) is 5.69 Å². The summed E-state index contributed by atoms with van der Waals surface area (Å²) in [5, 5.41) is 6.73. The first-order valence-electron chi connectivity index (χ1n) is 9.12. The van der Waals surface area contributed by atoms with Crippen LogP contribution >= 0.6 is 0 Å². The van der Waals surface area contributed by atoms with Crippen LogP contribution in [0.25, 0.3) is 5.69 Å². The number of nitrogens with zero attached hydrogens (tertiary/aromatic N) is 3. The number of hydrogen-bond acceptors (Lipinski definition) is 4. The summed E-state index contributed by atoms with van der Waals surface area (Å²) < 4.78 is 45.2. The summed E-state index contributed by atoms with van der Waals surface area (Å²) >= 11 is 0. The number of amides is 1. The van der Waals surface area contributed by atoms with Crippen LogP contribution in [0.4, 0.5) is 13.2 Å². The van der Waals surface area contributed by atoms with Gasteiger partial charge in [-0.1, -0.05) is 6.07 Å². The maximum atomic E-state index is 13.1. The first kappa shape index (κ1) is 20.3. The maximum Gasteiger partial charge on any atom is 0.433 e. The topological polar surface area (TPSA) is 59.4 Å². The number of halogens is 3. The van der Waals surface area contributed by atoms with Gasteiger partial charge in [-0.15, -0.1) is 0 Å². The third-order valence-corrected chi connectivity index (χ3v) is 4.82. The molecule has 152 valence electrons. The predicted octanol–water partition coefficient (Wildman–Crippen LogP) is 2.73. The minimum atomic E-state index is -4.52. The molecule has 0 radical (unpaired) electrons. The van der Waals surface area contributed by atoms with E-state index in [0.717, 1.165) is 49.4 Å². The highest BCUT2D eigenvalue weighted by Crippen LogP contribution is 2.30. The number of methoxy groups -OCH3 is 1. The molecule has 1 aromatic heterocycles. The Labute approximate surface area is 161 Å². The van der Waals surface area contributed by atoms with Crippen molar-refractivity contribution in [2.75, 3.05) is 33.4 Å². The fourth-order valence-corrected chi connectivity index (χ4v) is 3.29. The number of carbonyl (C=O) groups is 1. The molecule has 6 nitrogen and oxygen atoms in total. The van der Waals surface area contributed by atoms with E-state index < -0.39 is 11.9 Å². The van der Waals surface area contributed by atoms with Crippen LogP contribution in [0.1, 0.15) is 28.9 Å². The van der Waals surface area contributed by atoms with Gasteiger partial charge >= 0.3 is 6.18 Å². The zero-order valence-corrected chi connectivity index (χ0v) is 15.6. The normalized spacial score (nSPS) is 16.3. The minimum Gasteiger partial charge on any atom is -0.383 e. The highest BCUT2D eigenvalue weighted by molar-refractivity contribution is 5.94. The summed E-state index contributed by atoms with van der Waals surface area (Å²) in [4.78, 5) is 14.9. The van der Waals surface area contributed by atoms with Crippen molar-refractivity contribution in [3.63, 3.8) is 0 Å². The Morgan fingerprint density at radius 3 is 2.71 bits per heavy atom. The SMILES string of the molecule is COCCN1CCC(NC(=O)c2cccc(-n3nccc3C(F)(F)F)c2)CC1. The average Bonchev–Trinajstić information content (AvgIpc) is 3.18. The van der Waals surface area contributed by atoms with E-state index in [4.69, 9.17) is 4.74 Å². The molecule has 0 bridgehead atoms. The summed E-state index contributed by atoms with van der Waals surface area (Å²) in [5.74, 6) is -0.294. The van der Waals surface area contributed by atoms with Gasteiger partial charge < -0.3 is 15.0 Å². The quantitative estimate of drug-likeness (QED) is 0.816. The first-order chi connectivity index (χ1) is 13.4. The summed E-state index contributed by atoms with van der Waals surface area (Å²) in [7, 11) is 1.67. The molecule has 1 aliphatic rings. The molecule has 1 fully saturated rings. The lowest BCUT2D eigenvalue weighted by Crippen LogP contribution is -2.45. The van der Waals surface area contributed by atoms with E-state index in [2.05, 4.69) is 15.3 Å². The second-order valence-electron chi connectivity index (χ2n) is 6.76. The van der Waals surface area contributed by atoms with Crippen LogP contribution in [0.5, 0.6) is 0 Å². The van der Waals surface area contributed by atoms with Crippen molar-refractivity contribution in [3.8, 4) is 5.69 Å². The highest BCUT2D eigenvalue weighted by Gasteiger charge is 2.35. The van der Waals surface area contributed by atoms with Crippen molar-refractivity contribution in [1.82, 2.24) is 20.0 Å². The molecule has 1 amide bonds. The van der Waals surface area contributed by atoms with Crippen molar-refractivity contribution in [3.05, 3.63) is 47.8 Å². The number of ether oxygens (including phenoxy) is 1. The number of alkyl halides is 3. The number of likely N-dealkylation sites (tertiary alicyclic amines) is 1. The number of benzene rings is 1. The van der Waals surface area contributed by atoms with Crippen molar-refractivity contribution in [1.29, 1.82) is 0 Å². The molecule has 1 aromatic carbocycles. The highest BCUT2D eigenvalue weighted by atomic mass is 19.4.